The summed E-state index contributed by atoms with van der Waals surface area (Å²) in [6.45, 7) is 6.44. The molecule has 4 heteroatoms. The minimum atomic E-state index is 0.260. The van der Waals surface area contributed by atoms with E-state index in [2.05, 4.69) is 41.4 Å². The normalized spacial score (nSPS) is 16.3. The second-order valence-electron chi connectivity index (χ2n) is 5.96. The maximum absolute atomic E-state index is 9.51. The van der Waals surface area contributed by atoms with Crippen molar-refractivity contribution in [2.75, 3.05) is 31.2 Å². The van der Waals surface area contributed by atoms with Crippen LogP contribution in [0.3, 0.4) is 0 Å². The molecule has 1 atom stereocenters. The quantitative estimate of drug-likeness (QED) is 0.890. The molecule has 1 saturated heterocycles. The molecule has 0 radical (unpaired) electrons. The van der Waals surface area contributed by atoms with Crippen molar-refractivity contribution in [1.82, 2.24) is 5.32 Å². The topological polar surface area (TPSA) is 44.7 Å². The van der Waals surface area contributed by atoms with Crippen LogP contribution in [0.15, 0.2) is 48.5 Å². The first-order valence-corrected chi connectivity index (χ1v) is 8.16. The lowest BCUT2D eigenvalue weighted by Gasteiger charge is -2.29. The Morgan fingerprint density at radius 3 is 2.57 bits per heavy atom. The molecule has 0 bridgehead atoms. The number of nitrogens with one attached hydrogen (secondary N) is 1. The van der Waals surface area contributed by atoms with E-state index in [1.54, 1.807) is 12.1 Å². The van der Waals surface area contributed by atoms with E-state index in [-0.39, 0.29) is 6.04 Å². The van der Waals surface area contributed by atoms with Crippen molar-refractivity contribution in [3.05, 3.63) is 59.7 Å². The minimum absolute atomic E-state index is 0.260. The highest BCUT2D eigenvalue weighted by molar-refractivity contribution is 5.48. The van der Waals surface area contributed by atoms with Crippen molar-refractivity contribution in [3.8, 4) is 5.75 Å². The smallest absolute Gasteiger partial charge is 0.115 e. The first-order valence-electron chi connectivity index (χ1n) is 8.16. The van der Waals surface area contributed by atoms with E-state index in [1.165, 1.54) is 11.3 Å². The van der Waals surface area contributed by atoms with Gasteiger partial charge in [-0.15, -0.1) is 0 Å². The Labute approximate surface area is 137 Å². The van der Waals surface area contributed by atoms with Crippen LogP contribution in [0.5, 0.6) is 5.75 Å². The van der Waals surface area contributed by atoms with Crippen LogP contribution in [0, 0.1) is 0 Å². The molecule has 2 aromatic rings. The van der Waals surface area contributed by atoms with E-state index < -0.39 is 0 Å². The number of ether oxygens (including phenoxy) is 1. The van der Waals surface area contributed by atoms with Gasteiger partial charge in [-0.25, -0.2) is 0 Å². The van der Waals surface area contributed by atoms with Gasteiger partial charge < -0.3 is 20.1 Å². The summed E-state index contributed by atoms with van der Waals surface area (Å²) in [7, 11) is 0. The predicted octanol–water partition coefficient (Wildman–Crippen LogP) is 3.08. The number of hydrogen-bond acceptors (Lipinski definition) is 4. The van der Waals surface area contributed by atoms with Crippen LogP contribution in [0.2, 0.25) is 0 Å². The Balaban J connectivity index is 1.57. The number of phenols is 1. The summed E-state index contributed by atoms with van der Waals surface area (Å²) >= 11 is 0. The second-order valence-corrected chi connectivity index (χ2v) is 5.96. The average molecular weight is 312 g/mol. The number of morpholine rings is 1. The van der Waals surface area contributed by atoms with Crippen molar-refractivity contribution in [2.24, 2.45) is 0 Å². The molecule has 4 nitrogen and oxygen atoms in total. The third kappa shape index (κ3) is 4.24. The zero-order valence-electron chi connectivity index (χ0n) is 13.5. The molecule has 23 heavy (non-hydrogen) atoms. The van der Waals surface area contributed by atoms with E-state index in [0.29, 0.717) is 5.75 Å². The Hall–Kier alpha value is -2.04. The summed E-state index contributed by atoms with van der Waals surface area (Å²) in [5, 5.41) is 13.0. The minimum Gasteiger partial charge on any atom is -0.508 e. The maximum atomic E-state index is 9.51. The van der Waals surface area contributed by atoms with Crippen molar-refractivity contribution >= 4 is 5.69 Å². The maximum Gasteiger partial charge on any atom is 0.115 e. The molecular formula is C19H24N2O2. The van der Waals surface area contributed by atoms with E-state index in [1.807, 2.05) is 12.1 Å². The summed E-state index contributed by atoms with van der Waals surface area (Å²) < 4.78 is 5.40. The third-order valence-electron chi connectivity index (χ3n) is 4.29. The molecule has 0 amide bonds. The van der Waals surface area contributed by atoms with E-state index in [9.17, 15) is 5.11 Å². The lowest BCUT2D eigenvalue weighted by Crippen LogP contribution is -2.36. The van der Waals surface area contributed by atoms with Crippen LogP contribution in [-0.2, 0) is 11.3 Å². The number of phenolic OH excluding ortho intramolecular Hbond substituents is 1. The molecule has 1 heterocycles. The Kier molecular flexibility index (Phi) is 5.16. The summed E-state index contributed by atoms with van der Waals surface area (Å²) in [5.74, 6) is 0.312. The van der Waals surface area contributed by atoms with Crippen molar-refractivity contribution in [3.63, 3.8) is 0 Å². The molecule has 0 saturated carbocycles. The van der Waals surface area contributed by atoms with Gasteiger partial charge in [-0.2, -0.15) is 0 Å². The molecule has 0 aliphatic carbocycles. The molecule has 2 aromatic carbocycles. The number of benzene rings is 2. The predicted molar refractivity (Wildman–Crippen MR) is 92.8 cm³/mol. The molecule has 0 spiro atoms. The van der Waals surface area contributed by atoms with Gasteiger partial charge in [0.25, 0.3) is 0 Å². The molecule has 1 aliphatic rings. The molecule has 122 valence electrons. The van der Waals surface area contributed by atoms with Crippen LogP contribution >= 0.6 is 0 Å². The number of hydrogen-bond donors (Lipinski definition) is 2. The van der Waals surface area contributed by atoms with E-state index >= 15 is 0 Å². The Morgan fingerprint density at radius 1 is 1.13 bits per heavy atom. The first kappa shape index (κ1) is 15.8. The van der Waals surface area contributed by atoms with Gasteiger partial charge in [-0.1, -0.05) is 24.3 Å². The first-order chi connectivity index (χ1) is 11.2. The molecule has 1 aliphatic heterocycles. The van der Waals surface area contributed by atoms with Gasteiger partial charge in [0.05, 0.1) is 13.2 Å². The number of rotatable bonds is 5. The standard InChI is InChI=1S/C19H24N2O2/c1-15(20-14-16-3-2-4-19(22)13-16)17-5-7-18(8-6-17)21-9-11-23-12-10-21/h2-8,13,15,20,22H,9-12,14H2,1H3. The zero-order valence-corrected chi connectivity index (χ0v) is 13.5. The van der Waals surface area contributed by atoms with Gasteiger partial charge in [0.1, 0.15) is 5.75 Å². The molecule has 1 unspecified atom stereocenters. The van der Waals surface area contributed by atoms with E-state index in [0.717, 1.165) is 38.4 Å². The van der Waals surface area contributed by atoms with E-state index in [4.69, 9.17) is 4.74 Å². The van der Waals surface area contributed by atoms with Gasteiger partial charge in [0.15, 0.2) is 0 Å². The van der Waals surface area contributed by atoms with Crippen LogP contribution in [-0.4, -0.2) is 31.4 Å². The van der Waals surface area contributed by atoms with Crippen LogP contribution in [0.25, 0.3) is 0 Å². The zero-order chi connectivity index (χ0) is 16.1. The molecule has 1 fully saturated rings. The summed E-state index contributed by atoms with van der Waals surface area (Å²) in [4.78, 5) is 2.36. The largest absolute Gasteiger partial charge is 0.508 e. The van der Waals surface area contributed by atoms with Gasteiger partial charge in [-0.05, 0) is 42.3 Å². The molecule has 3 rings (SSSR count). The number of anilines is 1. The van der Waals surface area contributed by atoms with Crippen molar-refractivity contribution < 1.29 is 9.84 Å². The molecule has 2 N–H and O–H groups in total. The number of aromatic hydroxyl groups is 1. The summed E-state index contributed by atoms with van der Waals surface area (Å²) in [5.41, 5.74) is 3.61. The highest BCUT2D eigenvalue weighted by Crippen LogP contribution is 2.20. The fourth-order valence-corrected chi connectivity index (χ4v) is 2.85. The monoisotopic (exact) mass is 312 g/mol. The van der Waals surface area contributed by atoms with Crippen molar-refractivity contribution in [2.45, 2.75) is 19.5 Å². The van der Waals surface area contributed by atoms with Gasteiger partial charge >= 0.3 is 0 Å². The lowest BCUT2D eigenvalue weighted by atomic mass is 10.1. The van der Waals surface area contributed by atoms with Crippen molar-refractivity contribution in [1.29, 1.82) is 0 Å². The summed E-state index contributed by atoms with van der Waals surface area (Å²) in [6.07, 6.45) is 0. The van der Waals surface area contributed by atoms with Crippen LogP contribution in [0.4, 0.5) is 5.69 Å². The summed E-state index contributed by atoms with van der Waals surface area (Å²) in [6, 6.07) is 16.4. The van der Waals surface area contributed by atoms with Gasteiger partial charge in [0.2, 0.25) is 0 Å². The van der Waals surface area contributed by atoms with Crippen LogP contribution in [0.1, 0.15) is 24.1 Å². The lowest BCUT2D eigenvalue weighted by molar-refractivity contribution is 0.122. The SMILES string of the molecule is CC(NCc1cccc(O)c1)c1ccc(N2CCOCC2)cc1. The highest BCUT2D eigenvalue weighted by atomic mass is 16.5. The molecule has 0 aromatic heterocycles. The van der Waals surface area contributed by atoms with Crippen LogP contribution < -0.4 is 10.2 Å². The third-order valence-corrected chi connectivity index (χ3v) is 4.29. The van der Waals surface area contributed by atoms with Gasteiger partial charge in [-0.3, -0.25) is 0 Å². The molecular weight excluding hydrogens is 288 g/mol. The average Bonchev–Trinajstić information content (AvgIpc) is 2.61. The van der Waals surface area contributed by atoms with Gasteiger partial charge in [0, 0.05) is 31.4 Å². The Bertz CT molecular complexity index is 622. The second kappa shape index (κ2) is 7.49. The Morgan fingerprint density at radius 2 is 1.87 bits per heavy atom. The highest BCUT2D eigenvalue weighted by Gasteiger charge is 2.12. The number of nitrogens with zero attached hydrogens (tertiary/aromatic N) is 1. The fraction of sp³-hybridized carbons (Fsp3) is 0.368. The fourth-order valence-electron chi connectivity index (χ4n) is 2.85.